The van der Waals surface area contributed by atoms with Crippen molar-refractivity contribution in [2.75, 3.05) is 5.32 Å². The second-order valence-electron chi connectivity index (χ2n) is 6.29. The number of amides is 1. The van der Waals surface area contributed by atoms with E-state index in [1.165, 1.54) is 22.9 Å². The maximum absolute atomic E-state index is 13.2. The van der Waals surface area contributed by atoms with Crippen LogP contribution in [0, 0.1) is 6.92 Å². The molecule has 3 rings (SSSR count). The monoisotopic (exact) mass is 371 g/mol. The van der Waals surface area contributed by atoms with Gasteiger partial charge in [-0.05, 0) is 30.7 Å². The molecule has 0 aliphatic rings. The first-order chi connectivity index (χ1) is 12.8. The summed E-state index contributed by atoms with van der Waals surface area (Å²) >= 11 is 0. The lowest BCUT2D eigenvalue weighted by Crippen LogP contribution is -2.09. The highest BCUT2D eigenvalue weighted by Crippen LogP contribution is 2.28. The van der Waals surface area contributed by atoms with E-state index in [-0.39, 0.29) is 18.2 Å². The predicted molar refractivity (Wildman–Crippen MR) is 98.4 cm³/mol. The van der Waals surface area contributed by atoms with Gasteiger partial charge >= 0.3 is 5.92 Å². The van der Waals surface area contributed by atoms with Gasteiger partial charge in [-0.3, -0.25) is 9.48 Å². The number of hydrogen-bond donors (Lipinski definition) is 1. The number of nitrogens with one attached hydrogen (secondary N) is 1. The summed E-state index contributed by atoms with van der Waals surface area (Å²) < 4.78 is 33.0. The molecule has 0 atom stereocenters. The van der Waals surface area contributed by atoms with Crippen molar-refractivity contribution < 1.29 is 18.0 Å². The van der Waals surface area contributed by atoms with Crippen molar-refractivity contribution >= 4 is 17.8 Å². The number of benzene rings is 1. The van der Waals surface area contributed by atoms with Crippen molar-refractivity contribution in [1.29, 1.82) is 0 Å². The fourth-order valence-electron chi connectivity index (χ4n) is 2.39. The van der Waals surface area contributed by atoms with Gasteiger partial charge in [0.05, 0.1) is 6.54 Å². The first kappa shape index (κ1) is 18.6. The minimum absolute atomic E-state index is 0.186. The van der Waals surface area contributed by atoms with E-state index in [4.69, 9.17) is 4.42 Å². The zero-order valence-electron chi connectivity index (χ0n) is 14.9. The van der Waals surface area contributed by atoms with E-state index in [1.807, 2.05) is 31.2 Å². The largest absolute Gasteiger partial charge is 0.458 e. The summed E-state index contributed by atoms with van der Waals surface area (Å²) in [4.78, 5) is 12.0. The van der Waals surface area contributed by atoms with E-state index < -0.39 is 5.92 Å². The minimum atomic E-state index is -3.02. The zero-order valence-corrected chi connectivity index (χ0v) is 14.9. The maximum Gasteiger partial charge on any atom is 0.301 e. The number of carbonyl (C=O) groups is 1. The summed E-state index contributed by atoms with van der Waals surface area (Å²) in [5.74, 6) is -3.01. The molecule has 5 nitrogen and oxygen atoms in total. The normalized spacial score (nSPS) is 11.9. The van der Waals surface area contributed by atoms with Gasteiger partial charge < -0.3 is 9.73 Å². The zero-order chi connectivity index (χ0) is 19.4. The average Bonchev–Trinajstić information content (AvgIpc) is 3.24. The number of aromatic nitrogens is 2. The maximum atomic E-state index is 13.2. The molecule has 2 aromatic heterocycles. The van der Waals surface area contributed by atoms with Gasteiger partial charge in [-0.1, -0.05) is 29.8 Å². The molecule has 1 amide bonds. The molecule has 0 radical (unpaired) electrons. The van der Waals surface area contributed by atoms with Crippen LogP contribution in [0.1, 0.15) is 29.6 Å². The highest BCUT2D eigenvalue weighted by atomic mass is 19.3. The lowest BCUT2D eigenvalue weighted by Gasteiger charge is -2.05. The van der Waals surface area contributed by atoms with Gasteiger partial charge in [0.1, 0.15) is 5.76 Å². The van der Waals surface area contributed by atoms with E-state index >= 15 is 0 Å². The van der Waals surface area contributed by atoms with Crippen LogP contribution in [0.15, 0.2) is 59.2 Å². The van der Waals surface area contributed by atoms with Gasteiger partial charge in [-0.25, -0.2) is 0 Å². The number of halogens is 2. The molecule has 0 aliphatic heterocycles. The Labute approximate surface area is 155 Å². The van der Waals surface area contributed by atoms with Crippen LogP contribution < -0.4 is 5.32 Å². The van der Waals surface area contributed by atoms with Crippen molar-refractivity contribution in [2.45, 2.75) is 26.3 Å². The van der Waals surface area contributed by atoms with Gasteiger partial charge in [-0.15, -0.1) is 0 Å². The van der Waals surface area contributed by atoms with Gasteiger partial charge in [0, 0.05) is 25.3 Å². The van der Waals surface area contributed by atoms with E-state index in [2.05, 4.69) is 10.4 Å². The molecule has 140 valence electrons. The Kier molecular flexibility index (Phi) is 5.21. The summed E-state index contributed by atoms with van der Waals surface area (Å²) in [5, 5.41) is 6.84. The molecule has 1 aromatic carbocycles. The third kappa shape index (κ3) is 5.13. The number of aryl methyl sites for hydroxylation is 1. The number of nitrogens with zero attached hydrogens (tertiary/aromatic N) is 2. The Morgan fingerprint density at radius 1 is 1.22 bits per heavy atom. The van der Waals surface area contributed by atoms with Gasteiger partial charge in [0.15, 0.2) is 11.6 Å². The van der Waals surface area contributed by atoms with Gasteiger partial charge in [0.25, 0.3) is 0 Å². The summed E-state index contributed by atoms with van der Waals surface area (Å²) in [6.07, 6.45) is 4.76. The predicted octanol–water partition coefficient (Wildman–Crippen LogP) is 4.60. The second-order valence-corrected chi connectivity index (χ2v) is 6.29. The highest BCUT2D eigenvalue weighted by molar-refractivity contribution is 6.01. The van der Waals surface area contributed by atoms with Crippen molar-refractivity contribution in [3.63, 3.8) is 0 Å². The van der Waals surface area contributed by atoms with Crippen LogP contribution in [0.2, 0.25) is 0 Å². The Balaban J connectivity index is 1.58. The third-order valence-corrected chi connectivity index (χ3v) is 3.81. The number of anilines is 1. The number of carbonyl (C=O) groups excluding carboxylic acids is 1. The molecule has 0 aliphatic carbocycles. The van der Waals surface area contributed by atoms with Gasteiger partial charge in [-0.2, -0.15) is 13.9 Å². The number of hydrogen-bond acceptors (Lipinski definition) is 3. The first-order valence-corrected chi connectivity index (χ1v) is 8.36. The van der Waals surface area contributed by atoms with E-state index in [1.54, 1.807) is 18.3 Å². The number of furan rings is 1. The van der Waals surface area contributed by atoms with Crippen LogP contribution in [-0.4, -0.2) is 15.7 Å². The quantitative estimate of drug-likeness (QED) is 0.645. The summed E-state index contributed by atoms with van der Waals surface area (Å²) in [7, 11) is 0. The van der Waals surface area contributed by atoms with Crippen molar-refractivity contribution in [1.82, 2.24) is 9.78 Å². The molecule has 0 saturated heterocycles. The summed E-state index contributed by atoms with van der Waals surface area (Å²) in [5.41, 5.74) is 2.07. The SMILES string of the molecule is Cc1ccc(/C=C\C(=O)Nc2ccn(Cc3ccc(C(C)(F)F)o3)n2)cc1. The van der Waals surface area contributed by atoms with Crippen LogP contribution in [0.4, 0.5) is 14.6 Å². The average molecular weight is 371 g/mol. The molecular weight excluding hydrogens is 352 g/mol. The molecular formula is C20H19F2N3O2. The molecule has 1 N–H and O–H groups in total. The second kappa shape index (κ2) is 7.57. The molecule has 0 bridgehead atoms. The van der Waals surface area contributed by atoms with E-state index in [9.17, 15) is 13.6 Å². The van der Waals surface area contributed by atoms with Crippen molar-refractivity contribution in [2.24, 2.45) is 0 Å². The van der Waals surface area contributed by atoms with Crippen LogP contribution in [0.25, 0.3) is 6.08 Å². The fraction of sp³-hybridized carbons (Fsp3) is 0.200. The molecule has 27 heavy (non-hydrogen) atoms. The summed E-state index contributed by atoms with van der Waals surface area (Å²) in [6, 6.07) is 12.1. The third-order valence-electron chi connectivity index (χ3n) is 3.81. The Morgan fingerprint density at radius 2 is 1.96 bits per heavy atom. The smallest absolute Gasteiger partial charge is 0.301 e. The molecule has 0 unspecified atom stereocenters. The molecule has 3 aromatic rings. The Hall–Kier alpha value is -3.22. The Bertz CT molecular complexity index is 950. The molecule has 7 heteroatoms. The van der Waals surface area contributed by atoms with Crippen LogP contribution in [0.5, 0.6) is 0 Å². The number of alkyl halides is 2. The van der Waals surface area contributed by atoms with E-state index in [0.717, 1.165) is 18.1 Å². The van der Waals surface area contributed by atoms with E-state index in [0.29, 0.717) is 11.6 Å². The van der Waals surface area contributed by atoms with Crippen LogP contribution >= 0.6 is 0 Å². The molecule has 2 heterocycles. The molecule has 0 spiro atoms. The molecule has 0 fully saturated rings. The first-order valence-electron chi connectivity index (χ1n) is 8.36. The lowest BCUT2D eigenvalue weighted by molar-refractivity contribution is -0.111. The minimum Gasteiger partial charge on any atom is -0.458 e. The highest BCUT2D eigenvalue weighted by Gasteiger charge is 2.28. The Morgan fingerprint density at radius 3 is 2.63 bits per heavy atom. The van der Waals surface area contributed by atoms with Crippen molar-refractivity contribution in [3.8, 4) is 0 Å². The summed E-state index contributed by atoms with van der Waals surface area (Å²) in [6.45, 7) is 2.96. The van der Waals surface area contributed by atoms with Gasteiger partial charge in [0.2, 0.25) is 5.91 Å². The fourth-order valence-corrected chi connectivity index (χ4v) is 2.39. The van der Waals surface area contributed by atoms with Crippen LogP contribution in [0.3, 0.4) is 0 Å². The number of rotatable bonds is 6. The standard InChI is InChI=1S/C20H19F2N3O2/c1-14-3-5-15(6-4-14)7-10-19(26)23-18-11-12-25(24-18)13-16-8-9-17(27-16)20(2,21)22/h3-12H,13H2,1-2H3,(H,23,24,26)/b10-7-. The lowest BCUT2D eigenvalue weighted by atomic mass is 10.1. The molecule has 0 saturated carbocycles. The van der Waals surface area contributed by atoms with Crippen molar-refractivity contribution in [3.05, 3.63) is 77.4 Å². The van der Waals surface area contributed by atoms with Crippen LogP contribution in [-0.2, 0) is 17.3 Å². The topological polar surface area (TPSA) is 60.1 Å².